The van der Waals surface area contributed by atoms with Crippen molar-refractivity contribution in [2.75, 3.05) is 30.3 Å². The van der Waals surface area contributed by atoms with Gasteiger partial charge in [-0.25, -0.2) is 9.97 Å². The molecule has 0 radical (unpaired) electrons. The van der Waals surface area contributed by atoms with Crippen molar-refractivity contribution in [3.8, 4) is 0 Å². The van der Waals surface area contributed by atoms with Crippen molar-refractivity contribution in [1.29, 1.82) is 0 Å². The van der Waals surface area contributed by atoms with E-state index in [1.165, 1.54) is 17.5 Å². The first-order valence-electron chi connectivity index (χ1n) is 10.2. The van der Waals surface area contributed by atoms with Crippen LogP contribution in [0.2, 0.25) is 0 Å². The molecule has 5 rings (SSSR count). The minimum Gasteiger partial charge on any atom is -0.390 e. The number of aliphatic hydroxyl groups is 1. The molecule has 0 unspecified atom stereocenters. The lowest BCUT2D eigenvalue weighted by Gasteiger charge is -2.30. The molecule has 0 amide bonds. The van der Waals surface area contributed by atoms with Crippen LogP contribution in [-0.2, 0) is 13.0 Å². The second kappa shape index (κ2) is 8.62. The van der Waals surface area contributed by atoms with E-state index >= 15 is 0 Å². The number of nitrogens with zero attached hydrogens (tertiary/aromatic N) is 6. The molecule has 1 aliphatic heterocycles. The first kappa shape index (κ1) is 19.3. The minimum absolute atomic E-state index is 0.374. The van der Waals surface area contributed by atoms with Crippen LogP contribution in [-0.4, -0.2) is 66.1 Å². The Labute approximate surface area is 178 Å². The van der Waals surface area contributed by atoms with E-state index in [1.54, 1.807) is 18.5 Å². The van der Waals surface area contributed by atoms with Crippen LogP contribution in [0.25, 0.3) is 11.0 Å². The first-order chi connectivity index (χ1) is 15.3. The quantitative estimate of drug-likeness (QED) is 0.355. The van der Waals surface area contributed by atoms with Gasteiger partial charge in [-0.15, -0.1) is 0 Å². The Morgan fingerprint density at radius 3 is 2.87 bits per heavy atom. The van der Waals surface area contributed by atoms with Gasteiger partial charge in [0.25, 0.3) is 0 Å². The summed E-state index contributed by atoms with van der Waals surface area (Å²) in [5.41, 5.74) is 4.83. The topological polar surface area (TPSA) is 128 Å². The molecule has 4 N–H and O–H groups in total. The zero-order valence-electron chi connectivity index (χ0n) is 16.9. The summed E-state index contributed by atoms with van der Waals surface area (Å²) in [4.78, 5) is 10.9. The summed E-state index contributed by atoms with van der Waals surface area (Å²) in [5.74, 6) is 1.17. The number of H-pyrrole nitrogens is 1. The van der Waals surface area contributed by atoms with E-state index in [2.05, 4.69) is 70.2 Å². The Morgan fingerprint density at radius 2 is 2.00 bits per heavy atom. The number of aliphatic hydroxyl groups excluding tert-OH is 1. The van der Waals surface area contributed by atoms with E-state index in [4.69, 9.17) is 0 Å². The zero-order chi connectivity index (χ0) is 21.0. The highest BCUT2D eigenvalue weighted by atomic mass is 16.3. The molecule has 0 saturated carbocycles. The van der Waals surface area contributed by atoms with E-state index < -0.39 is 6.10 Å². The first-order valence-corrected chi connectivity index (χ1v) is 10.2. The van der Waals surface area contributed by atoms with Gasteiger partial charge in [0.15, 0.2) is 11.6 Å². The number of benzene rings is 1. The van der Waals surface area contributed by atoms with Gasteiger partial charge in [-0.2, -0.15) is 15.3 Å². The lowest BCUT2D eigenvalue weighted by atomic mass is 10.00. The molecule has 10 heteroatoms. The van der Waals surface area contributed by atoms with Crippen LogP contribution in [0, 0.1) is 0 Å². The van der Waals surface area contributed by atoms with E-state index in [0.717, 1.165) is 25.2 Å². The number of rotatable bonds is 7. The summed E-state index contributed by atoms with van der Waals surface area (Å²) in [6.07, 6.45) is 5.17. The van der Waals surface area contributed by atoms with Crippen molar-refractivity contribution in [1.82, 2.24) is 35.3 Å². The highest BCUT2D eigenvalue weighted by Crippen LogP contribution is 2.25. The van der Waals surface area contributed by atoms with Crippen LogP contribution in [0.1, 0.15) is 11.1 Å². The fourth-order valence-electron chi connectivity index (χ4n) is 3.84. The third-order valence-electron chi connectivity index (χ3n) is 5.38. The van der Waals surface area contributed by atoms with Crippen LogP contribution in [0.5, 0.6) is 0 Å². The predicted molar refractivity (Wildman–Crippen MR) is 117 cm³/mol. The molecule has 3 aromatic heterocycles. The summed E-state index contributed by atoms with van der Waals surface area (Å²) in [6, 6.07) is 10.3. The smallest absolute Gasteiger partial charge is 0.174 e. The summed E-state index contributed by atoms with van der Waals surface area (Å²) in [5, 5.41) is 31.9. The van der Waals surface area contributed by atoms with Crippen molar-refractivity contribution < 1.29 is 5.11 Å². The summed E-state index contributed by atoms with van der Waals surface area (Å²) < 4.78 is 0. The largest absolute Gasteiger partial charge is 0.390 e. The van der Waals surface area contributed by atoms with Gasteiger partial charge < -0.3 is 15.7 Å². The van der Waals surface area contributed by atoms with Gasteiger partial charge >= 0.3 is 0 Å². The normalized spacial score (nSPS) is 14.9. The van der Waals surface area contributed by atoms with Gasteiger partial charge in [0.2, 0.25) is 0 Å². The monoisotopic (exact) mass is 417 g/mol. The average Bonchev–Trinajstić information content (AvgIpc) is 3.22. The van der Waals surface area contributed by atoms with Crippen molar-refractivity contribution >= 4 is 28.4 Å². The number of nitrogens with one attached hydrogen (secondary N) is 3. The fourth-order valence-corrected chi connectivity index (χ4v) is 3.84. The number of hydrogen-bond acceptors (Lipinski definition) is 9. The lowest BCUT2D eigenvalue weighted by Crippen LogP contribution is -2.39. The molecule has 31 heavy (non-hydrogen) atoms. The van der Waals surface area contributed by atoms with E-state index in [-0.39, 0.29) is 0 Å². The maximum absolute atomic E-state index is 10.6. The minimum atomic E-state index is -0.528. The van der Waals surface area contributed by atoms with E-state index in [1.807, 2.05) is 0 Å². The second-order valence-electron chi connectivity index (χ2n) is 7.56. The zero-order valence-corrected chi connectivity index (χ0v) is 16.9. The Bertz CT molecular complexity index is 1160. The molecule has 0 spiro atoms. The van der Waals surface area contributed by atoms with Crippen LogP contribution < -0.4 is 10.6 Å². The molecule has 1 aliphatic rings. The van der Waals surface area contributed by atoms with Gasteiger partial charge in [-0.3, -0.25) is 10.00 Å². The van der Waals surface area contributed by atoms with Gasteiger partial charge in [-0.05, 0) is 23.6 Å². The number of anilines is 3. The van der Waals surface area contributed by atoms with Gasteiger partial charge in [0.1, 0.15) is 17.4 Å². The van der Waals surface area contributed by atoms with Gasteiger partial charge in [0, 0.05) is 26.2 Å². The molecule has 4 heterocycles. The van der Waals surface area contributed by atoms with Crippen molar-refractivity contribution in [2.24, 2.45) is 0 Å². The summed E-state index contributed by atoms with van der Waals surface area (Å²) in [7, 11) is 0. The molecular formula is C21H23N9O. The number of aromatic nitrogens is 6. The lowest BCUT2D eigenvalue weighted by molar-refractivity contribution is 0.114. The van der Waals surface area contributed by atoms with Gasteiger partial charge in [-0.1, -0.05) is 24.3 Å². The molecule has 0 aliphatic carbocycles. The fraction of sp³-hybridized carbons (Fsp3) is 0.286. The summed E-state index contributed by atoms with van der Waals surface area (Å²) in [6.45, 7) is 2.79. The third kappa shape index (κ3) is 4.30. The Hall–Kier alpha value is -3.63. The maximum atomic E-state index is 10.6. The molecule has 0 fully saturated rings. The number of aromatic amines is 1. The Kier molecular flexibility index (Phi) is 5.38. The highest BCUT2D eigenvalue weighted by Gasteiger charge is 2.19. The van der Waals surface area contributed by atoms with Crippen LogP contribution in [0.15, 0.2) is 49.1 Å². The molecule has 0 saturated heterocycles. The SMILES string of the molecule is O[C@@H](CNc1n[nH]c2c(Nc3ccnnc3)ncnc12)CN1CCc2ccccc2C1. The van der Waals surface area contributed by atoms with Crippen molar-refractivity contribution in [3.05, 3.63) is 60.2 Å². The molecule has 1 atom stereocenters. The standard InChI is InChI=1S/C21H23N9O/c31-17(12-30-8-6-14-3-1-2-4-15(14)11-30)10-22-21-18-19(28-29-21)20(24-13-23-18)27-16-5-7-25-26-9-16/h1-5,7,9,13,17,31H,6,8,10-12H2,(H2,22,28,29)(H,23,24,25,27)/t17-/m0/s1. The molecule has 4 aromatic rings. The van der Waals surface area contributed by atoms with Crippen molar-refractivity contribution in [2.45, 2.75) is 19.1 Å². The average molecular weight is 417 g/mol. The number of hydrogen-bond donors (Lipinski definition) is 4. The van der Waals surface area contributed by atoms with Crippen molar-refractivity contribution in [3.63, 3.8) is 0 Å². The van der Waals surface area contributed by atoms with Crippen LogP contribution in [0.4, 0.5) is 17.3 Å². The Morgan fingerprint density at radius 1 is 1.10 bits per heavy atom. The third-order valence-corrected chi connectivity index (χ3v) is 5.38. The molecule has 0 bridgehead atoms. The maximum Gasteiger partial charge on any atom is 0.174 e. The molecule has 1 aromatic carbocycles. The van der Waals surface area contributed by atoms with Crippen LogP contribution >= 0.6 is 0 Å². The number of fused-ring (bicyclic) bond motifs is 2. The number of β-amino-alcohol motifs (C(OH)–C–C–N with tert-alkyl or cyclic N) is 1. The second-order valence-corrected chi connectivity index (χ2v) is 7.56. The highest BCUT2D eigenvalue weighted by molar-refractivity contribution is 5.93. The van der Waals surface area contributed by atoms with Gasteiger partial charge in [0.05, 0.1) is 24.2 Å². The van der Waals surface area contributed by atoms with Crippen LogP contribution in [0.3, 0.4) is 0 Å². The Balaban J connectivity index is 1.22. The predicted octanol–water partition coefficient (Wildman–Crippen LogP) is 1.72. The molecule has 158 valence electrons. The molecule has 10 nitrogen and oxygen atoms in total. The summed E-state index contributed by atoms with van der Waals surface area (Å²) >= 11 is 0. The van der Waals surface area contributed by atoms with E-state index in [9.17, 15) is 5.11 Å². The van der Waals surface area contributed by atoms with E-state index in [0.29, 0.717) is 35.8 Å². The molecular weight excluding hydrogens is 394 g/mol.